The highest BCUT2D eigenvalue weighted by Gasteiger charge is 2.47. The summed E-state index contributed by atoms with van der Waals surface area (Å²) in [4.78, 5) is 14.0. The molecule has 0 aliphatic rings. The Bertz CT molecular complexity index is 978. The van der Waals surface area contributed by atoms with Gasteiger partial charge in [-0.1, -0.05) is 91.8 Å². The maximum Gasteiger partial charge on any atom is 0.311 e. The van der Waals surface area contributed by atoms with E-state index in [2.05, 4.69) is 118 Å². The number of rotatable bonds is 22. The van der Waals surface area contributed by atoms with Crippen LogP contribution in [-0.4, -0.2) is 79.3 Å². The van der Waals surface area contributed by atoms with Gasteiger partial charge in [-0.05, 0) is 105 Å². The summed E-state index contributed by atoms with van der Waals surface area (Å²) >= 11 is 2.08. The molecule has 0 bridgehead atoms. The van der Waals surface area contributed by atoms with E-state index in [9.17, 15) is 9.90 Å². The molecule has 0 heterocycles. The molecule has 0 spiro atoms. The molecule has 0 saturated carbocycles. The third-order valence-electron chi connectivity index (χ3n) is 11.9. The second kappa shape index (κ2) is 19.5. The van der Waals surface area contributed by atoms with Crippen molar-refractivity contribution in [3.05, 3.63) is 10.2 Å². The molecule has 0 amide bonds. The van der Waals surface area contributed by atoms with E-state index in [1.165, 1.54) is 0 Å². The summed E-state index contributed by atoms with van der Waals surface area (Å²) in [6.45, 7) is 37.6. The molecule has 0 unspecified atom stereocenters. The number of methoxy groups -OCH3 is 1. The highest BCUT2D eigenvalue weighted by atomic mass is 127. The van der Waals surface area contributed by atoms with Crippen molar-refractivity contribution in [2.24, 2.45) is 5.92 Å². The Labute approximate surface area is 313 Å². The zero-order valence-electron chi connectivity index (χ0n) is 34.4. The number of hydrogen-bond donors (Lipinski definition) is 1. The lowest BCUT2D eigenvalue weighted by Gasteiger charge is -2.46. The van der Waals surface area contributed by atoms with Gasteiger partial charge in [0.25, 0.3) is 0 Å². The largest absolute Gasteiger partial charge is 0.459 e. The Morgan fingerprint density at radius 1 is 0.833 bits per heavy atom. The molecule has 6 atom stereocenters. The van der Waals surface area contributed by atoms with E-state index < -0.39 is 54.3 Å². The second-order valence-electron chi connectivity index (χ2n) is 17.4. The highest BCUT2D eigenvalue weighted by molar-refractivity contribution is 14.1. The van der Waals surface area contributed by atoms with E-state index in [0.717, 1.165) is 31.0 Å². The van der Waals surface area contributed by atoms with Gasteiger partial charge < -0.3 is 27.9 Å². The average Bonchev–Trinajstić information content (AvgIpc) is 2.97. The third kappa shape index (κ3) is 13.7. The minimum atomic E-state index is -2.33. The second-order valence-corrected chi connectivity index (χ2v) is 32.4. The molecule has 0 aromatic heterocycles. The first-order chi connectivity index (χ1) is 21.7. The fraction of sp³-hybridized carbons (Fsp3) is 0.919. The van der Waals surface area contributed by atoms with Crippen LogP contribution in [0, 0.1) is 5.92 Å². The number of carbonyl (C=O) groups excluding carboxylic acids is 1. The SMILES string of the molecule is CC[C@@H](OC(=O)[C@H](C)[C@H](C[C@@H](O[Si](CC)(CC)CC)[C@@](C)(CCCO[Si](C)(C)C(C)(C)C)OC)O[Si](C)(C)C(C)(C)C)[C@@](C)(O)/C=C/I. The first-order valence-corrected chi connectivity index (χ1v) is 28.0. The fourth-order valence-electron chi connectivity index (χ4n) is 5.46. The quantitative estimate of drug-likeness (QED) is 0.0503. The van der Waals surface area contributed by atoms with Gasteiger partial charge in [0.15, 0.2) is 25.0 Å². The Kier molecular flexibility index (Phi) is 19.6. The molecule has 0 fully saturated rings. The molecule has 286 valence electrons. The van der Waals surface area contributed by atoms with E-state index >= 15 is 0 Å². The van der Waals surface area contributed by atoms with Crippen LogP contribution in [0.4, 0.5) is 0 Å². The number of esters is 1. The lowest BCUT2D eigenvalue weighted by molar-refractivity contribution is -0.169. The summed E-state index contributed by atoms with van der Waals surface area (Å²) in [5.74, 6) is -0.944. The number of carbonyl (C=O) groups is 1. The maximum atomic E-state index is 14.0. The van der Waals surface area contributed by atoms with Crippen LogP contribution in [0.25, 0.3) is 0 Å². The van der Waals surface area contributed by atoms with Crippen LogP contribution in [0.2, 0.25) is 54.4 Å². The van der Waals surface area contributed by atoms with E-state index in [1.807, 2.05) is 13.8 Å². The minimum absolute atomic E-state index is 0.0632. The zero-order chi connectivity index (χ0) is 38.0. The molecule has 48 heavy (non-hydrogen) atoms. The van der Waals surface area contributed by atoms with Crippen molar-refractivity contribution in [1.29, 1.82) is 0 Å². The highest BCUT2D eigenvalue weighted by Crippen LogP contribution is 2.42. The first-order valence-electron chi connectivity index (χ1n) is 18.4. The molecule has 0 aromatic carbocycles. The van der Waals surface area contributed by atoms with Gasteiger partial charge in [0, 0.05) is 20.1 Å². The van der Waals surface area contributed by atoms with Crippen LogP contribution in [-0.2, 0) is 27.5 Å². The predicted molar refractivity (Wildman–Crippen MR) is 220 cm³/mol. The third-order valence-corrected chi connectivity index (χ3v) is 25.9. The van der Waals surface area contributed by atoms with Gasteiger partial charge >= 0.3 is 5.97 Å². The maximum absolute atomic E-state index is 14.0. The average molecular weight is 845 g/mol. The van der Waals surface area contributed by atoms with Crippen LogP contribution < -0.4 is 0 Å². The van der Waals surface area contributed by atoms with E-state index in [0.29, 0.717) is 19.4 Å². The van der Waals surface area contributed by atoms with Crippen LogP contribution in [0.1, 0.15) is 116 Å². The van der Waals surface area contributed by atoms with Gasteiger partial charge in [-0.2, -0.15) is 0 Å². The first kappa shape index (κ1) is 48.4. The molecular formula is C37H77IO7Si3. The Morgan fingerprint density at radius 3 is 1.73 bits per heavy atom. The van der Waals surface area contributed by atoms with Crippen molar-refractivity contribution in [3.63, 3.8) is 0 Å². The van der Waals surface area contributed by atoms with Crippen LogP contribution in [0.5, 0.6) is 0 Å². The normalized spacial score (nSPS) is 19.0. The van der Waals surface area contributed by atoms with Gasteiger partial charge in [-0.3, -0.25) is 4.79 Å². The smallest absolute Gasteiger partial charge is 0.311 e. The predicted octanol–water partition coefficient (Wildman–Crippen LogP) is 11.0. The lowest BCUT2D eigenvalue weighted by atomic mass is 9.87. The van der Waals surface area contributed by atoms with Crippen LogP contribution >= 0.6 is 22.6 Å². The Balaban J connectivity index is 6.84. The summed E-state index contributed by atoms with van der Waals surface area (Å²) < 4.78 is 35.3. The van der Waals surface area contributed by atoms with Crippen molar-refractivity contribution in [2.45, 2.75) is 200 Å². The number of hydrogen-bond acceptors (Lipinski definition) is 7. The van der Waals surface area contributed by atoms with Crippen molar-refractivity contribution < 1.29 is 32.7 Å². The zero-order valence-corrected chi connectivity index (χ0v) is 39.6. The summed E-state index contributed by atoms with van der Waals surface area (Å²) in [5, 5.41) is 11.2. The number of halogens is 1. The Morgan fingerprint density at radius 2 is 1.33 bits per heavy atom. The van der Waals surface area contributed by atoms with Crippen LogP contribution in [0.15, 0.2) is 10.2 Å². The van der Waals surface area contributed by atoms with E-state index in [-0.39, 0.29) is 22.1 Å². The van der Waals surface area contributed by atoms with Crippen molar-refractivity contribution >= 4 is 53.5 Å². The van der Waals surface area contributed by atoms with Gasteiger partial charge in [-0.25, -0.2) is 0 Å². The lowest BCUT2D eigenvalue weighted by Crippen LogP contribution is -2.55. The fourth-order valence-corrected chi connectivity index (χ4v) is 11.6. The topological polar surface area (TPSA) is 83.5 Å². The molecule has 0 aromatic rings. The van der Waals surface area contributed by atoms with Crippen molar-refractivity contribution in [2.75, 3.05) is 13.7 Å². The molecule has 0 aliphatic carbocycles. The van der Waals surface area contributed by atoms with Gasteiger partial charge in [0.1, 0.15) is 11.7 Å². The number of aliphatic hydroxyl groups is 1. The molecule has 1 N–H and O–H groups in total. The molecule has 11 heteroatoms. The standard InChI is InChI=1S/C37H77IO7Si3/c1-19-31(36(12,40)25-26-38)43-33(39)29(5)30(44-47(17,18)35(9,10)11)28-32(45-48(20-2,21-3)22-4)37(13,41-14)24-23-27-42-46(15,16)34(6,7)8/h25-26,29-32,40H,19-24,27-28H2,1-18H3/b26-25+/t29-,30+,31-,32-,36+,37-/m1/s1. The molecule has 0 radical (unpaired) electrons. The van der Waals surface area contributed by atoms with Crippen molar-refractivity contribution in [1.82, 2.24) is 0 Å². The molecule has 0 aliphatic heterocycles. The van der Waals surface area contributed by atoms with Crippen LogP contribution in [0.3, 0.4) is 0 Å². The van der Waals surface area contributed by atoms with Crippen molar-refractivity contribution in [3.8, 4) is 0 Å². The summed E-state index contributed by atoms with van der Waals surface area (Å²) in [5.41, 5.74) is -1.89. The molecular weight excluding hydrogens is 768 g/mol. The van der Waals surface area contributed by atoms with Gasteiger partial charge in [0.05, 0.1) is 23.7 Å². The minimum Gasteiger partial charge on any atom is -0.459 e. The summed E-state index contributed by atoms with van der Waals surface area (Å²) in [7, 11) is -4.54. The van der Waals surface area contributed by atoms with Gasteiger partial charge in [-0.15, -0.1) is 0 Å². The number of ether oxygens (including phenoxy) is 2. The van der Waals surface area contributed by atoms with Gasteiger partial charge in [0.2, 0.25) is 0 Å². The summed E-state index contributed by atoms with van der Waals surface area (Å²) in [6, 6.07) is 3.02. The molecule has 7 nitrogen and oxygen atoms in total. The summed E-state index contributed by atoms with van der Waals surface area (Å²) in [6.07, 6.45) is 2.85. The molecule has 0 rings (SSSR count). The van der Waals surface area contributed by atoms with E-state index in [1.54, 1.807) is 24.2 Å². The Hall–Kier alpha value is 0.391. The molecule has 0 saturated heterocycles. The monoisotopic (exact) mass is 844 g/mol. The van der Waals surface area contributed by atoms with E-state index in [4.69, 9.17) is 22.8 Å².